The summed E-state index contributed by atoms with van der Waals surface area (Å²) in [5.74, 6) is 1.38. The zero-order valence-corrected chi connectivity index (χ0v) is 17.7. The van der Waals surface area contributed by atoms with E-state index in [9.17, 15) is 4.79 Å². The molecule has 0 spiro atoms. The minimum absolute atomic E-state index is 0.150. The molecule has 6 nitrogen and oxygen atoms in total. The van der Waals surface area contributed by atoms with Gasteiger partial charge in [0, 0.05) is 21.5 Å². The lowest BCUT2D eigenvalue weighted by atomic mass is 10.1. The largest absolute Gasteiger partial charge is 0.411 e. The minimum Gasteiger partial charge on any atom is -0.411 e. The van der Waals surface area contributed by atoms with Gasteiger partial charge in [0.25, 0.3) is 10.8 Å². The molecule has 0 bridgehead atoms. The molecule has 0 aliphatic heterocycles. The predicted octanol–water partition coefficient (Wildman–Crippen LogP) is 5.65. The second kappa shape index (κ2) is 8.06. The Labute approximate surface area is 184 Å². The summed E-state index contributed by atoms with van der Waals surface area (Å²) in [5.41, 5.74) is 2.54. The minimum atomic E-state index is -0.150. The molecule has 3 heterocycles. The number of hydrogen-bond acceptors (Lipinski definition) is 7. The van der Waals surface area contributed by atoms with Crippen LogP contribution in [-0.4, -0.2) is 20.2 Å². The van der Waals surface area contributed by atoms with Gasteiger partial charge in [0.1, 0.15) is 10.7 Å². The summed E-state index contributed by atoms with van der Waals surface area (Å²) >= 11 is 8.68. The second-order valence-corrected chi connectivity index (χ2v) is 8.60. The first-order valence-electron chi connectivity index (χ1n) is 8.95. The molecule has 0 saturated heterocycles. The molecule has 0 amide bonds. The molecular formula is C21H13ClN4O2S2. The SMILES string of the molecule is O=c1[nH]c(CSc2nnc(-c3ccc(Cl)cc3)o2)nc2scc(-c3ccccc3)c12. The van der Waals surface area contributed by atoms with E-state index < -0.39 is 0 Å². The van der Waals surface area contributed by atoms with Gasteiger partial charge in [-0.05, 0) is 29.8 Å². The topological polar surface area (TPSA) is 84.7 Å². The number of fused-ring (bicyclic) bond motifs is 1. The van der Waals surface area contributed by atoms with Crippen molar-refractivity contribution in [1.82, 2.24) is 20.2 Å². The van der Waals surface area contributed by atoms with Gasteiger partial charge in [-0.3, -0.25) is 4.79 Å². The Balaban J connectivity index is 1.37. The van der Waals surface area contributed by atoms with Gasteiger partial charge < -0.3 is 9.40 Å². The van der Waals surface area contributed by atoms with Crippen LogP contribution in [0.15, 0.2) is 74.4 Å². The van der Waals surface area contributed by atoms with Crippen LogP contribution in [-0.2, 0) is 5.75 Å². The van der Waals surface area contributed by atoms with Crippen molar-refractivity contribution >= 4 is 44.9 Å². The van der Waals surface area contributed by atoms with Crippen molar-refractivity contribution in [2.75, 3.05) is 0 Å². The summed E-state index contributed by atoms with van der Waals surface area (Å²) < 4.78 is 5.69. The van der Waals surface area contributed by atoms with Gasteiger partial charge >= 0.3 is 0 Å². The molecule has 148 valence electrons. The monoisotopic (exact) mass is 452 g/mol. The number of thiophene rings is 1. The molecular weight excluding hydrogens is 440 g/mol. The highest BCUT2D eigenvalue weighted by molar-refractivity contribution is 7.98. The van der Waals surface area contributed by atoms with Crippen LogP contribution >= 0.6 is 34.7 Å². The first-order valence-corrected chi connectivity index (χ1v) is 11.2. The van der Waals surface area contributed by atoms with Crippen LogP contribution < -0.4 is 5.56 Å². The summed E-state index contributed by atoms with van der Waals surface area (Å²) in [6.45, 7) is 0. The van der Waals surface area contributed by atoms with Crippen molar-refractivity contribution in [3.63, 3.8) is 0 Å². The van der Waals surface area contributed by atoms with Crippen LogP contribution in [0.4, 0.5) is 0 Å². The number of halogens is 1. The second-order valence-electron chi connectivity index (χ2n) is 6.38. The quantitative estimate of drug-likeness (QED) is 0.347. The number of thioether (sulfide) groups is 1. The highest BCUT2D eigenvalue weighted by Crippen LogP contribution is 2.31. The number of nitrogens with zero attached hydrogens (tertiary/aromatic N) is 3. The van der Waals surface area contributed by atoms with E-state index >= 15 is 0 Å². The maximum Gasteiger partial charge on any atom is 0.277 e. The highest BCUT2D eigenvalue weighted by Gasteiger charge is 2.14. The van der Waals surface area contributed by atoms with E-state index in [1.165, 1.54) is 23.1 Å². The van der Waals surface area contributed by atoms with Crippen molar-refractivity contribution in [2.45, 2.75) is 11.0 Å². The summed E-state index contributed by atoms with van der Waals surface area (Å²) in [4.78, 5) is 20.9. The summed E-state index contributed by atoms with van der Waals surface area (Å²) in [7, 11) is 0. The van der Waals surface area contributed by atoms with E-state index in [2.05, 4.69) is 20.2 Å². The zero-order valence-electron chi connectivity index (χ0n) is 15.3. The number of H-pyrrole nitrogens is 1. The predicted molar refractivity (Wildman–Crippen MR) is 120 cm³/mol. The van der Waals surface area contributed by atoms with Crippen LogP contribution in [0.25, 0.3) is 32.8 Å². The van der Waals surface area contributed by atoms with Crippen LogP contribution in [0, 0.1) is 0 Å². The Morgan fingerprint density at radius 1 is 1.03 bits per heavy atom. The van der Waals surface area contributed by atoms with Crippen LogP contribution in [0.1, 0.15) is 5.82 Å². The summed E-state index contributed by atoms with van der Waals surface area (Å²) in [5, 5.41) is 11.7. The Morgan fingerprint density at radius 3 is 2.63 bits per heavy atom. The van der Waals surface area contributed by atoms with Crippen molar-refractivity contribution in [1.29, 1.82) is 0 Å². The normalized spacial score (nSPS) is 11.2. The van der Waals surface area contributed by atoms with E-state index in [1.807, 2.05) is 47.8 Å². The molecule has 0 unspecified atom stereocenters. The number of hydrogen-bond donors (Lipinski definition) is 1. The summed E-state index contributed by atoms with van der Waals surface area (Å²) in [6.07, 6.45) is 0. The van der Waals surface area contributed by atoms with Gasteiger partial charge in [-0.1, -0.05) is 53.7 Å². The number of rotatable bonds is 5. The molecule has 0 fully saturated rings. The number of nitrogens with one attached hydrogen (secondary N) is 1. The number of aromatic amines is 1. The third kappa shape index (κ3) is 3.77. The van der Waals surface area contributed by atoms with E-state index in [0.717, 1.165) is 16.7 Å². The van der Waals surface area contributed by atoms with Crippen LogP contribution in [0.3, 0.4) is 0 Å². The third-order valence-corrected chi connectivity index (χ3v) is 6.36. The molecule has 30 heavy (non-hydrogen) atoms. The molecule has 0 aliphatic rings. The molecule has 3 aromatic heterocycles. The first-order chi connectivity index (χ1) is 14.7. The molecule has 9 heteroatoms. The van der Waals surface area contributed by atoms with Gasteiger partial charge in [-0.2, -0.15) is 0 Å². The van der Waals surface area contributed by atoms with Crippen LogP contribution in [0.5, 0.6) is 0 Å². The van der Waals surface area contributed by atoms with Gasteiger partial charge in [0.05, 0.1) is 11.1 Å². The summed E-state index contributed by atoms with van der Waals surface area (Å²) in [6, 6.07) is 17.0. The average molecular weight is 453 g/mol. The Morgan fingerprint density at radius 2 is 1.83 bits per heavy atom. The first kappa shape index (κ1) is 19.0. The number of aromatic nitrogens is 4. The van der Waals surface area contributed by atoms with Gasteiger partial charge in [0.15, 0.2) is 0 Å². The fourth-order valence-electron chi connectivity index (χ4n) is 3.00. The molecule has 0 aliphatic carbocycles. The molecule has 0 atom stereocenters. The van der Waals surface area contributed by atoms with E-state index in [-0.39, 0.29) is 5.56 Å². The molecule has 5 rings (SSSR count). The molecule has 2 aromatic carbocycles. The fraction of sp³-hybridized carbons (Fsp3) is 0.0476. The average Bonchev–Trinajstić information content (AvgIpc) is 3.41. The standard InChI is InChI=1S/C21H13ClN4O2S2/c22-14-8-6-13(7-9-14)19-25-26-21(28-19)30-11-16-23-18(27)17-15(10-29-20(17)24-16)12-4-2-1-3-5-12/h1-10H,11H2,(H,23,24,27). The fourth-order valence-corrected chi connectivity index (χ4v) is 4.73. The Hall–Kier alpha value is -2.94. The van der Waals surface area contributed by atoms with Crippen molar-refractivity contribution < 1.29 is 4.42 Å². The van der Waals surface area contributed by atoms with E-state index in [4.69, 9.17) is 16.0 Å². The maximum atomic E-state index is 12.7. The molecule has 0 saturated carbocycles. The van der Waals surface area contributed by atoms with Gasteiger partial charge in [0.2, 0.25) is 5.89 Å². The smallest absolute Gasteiger partial charge is 0.277 e. The Bertz CT molecular complexity index is 1380. The van der Waals surface area contributed by atoms with Gasteiger partial charge in [-0.25, -0.2) is 4.98 Å². The highest BCUT2D eigenvalue weighted by atomic mass is 35.5. The third-order valence-electron chi connectivity index (χ3n) is 4.41. The van der Waals surface area contributed by atoms with Crippen molar-refractivity contribution in [3.8, 4) is 22.6 Å². The maximum absolute atomic E-state index is 12.7. The van der Waals surface area contributed by atoms with E-state index in [1.54, 1.807) is 12.1 Å². The molecule has 0 radical (unpaired) electrons. The zero-order chi connectivity index (χ0) is 20.5. The lowest BCUT2D eigenvalue weighted by Gasteiger charge is -2.01. The Kier molecular flexibility index (Phi) is 5.12. The molecule has 1 N–H and O–H groups in total. The van der Waals surface area contributed by atoms with Crippen molar-refractivity contribution in [2.24, 2.45) is 0 Å². The van der Waals surface area contributed by atoms with Crippen molar-refractivity contribution in [3.05, 3.63) is 81.2 Å². The lowest BCUT2D eigenvalue weighted by molar-refractivity contribution is 0.465. The van der Waals surface area contributed by atoms with Gasteiger partial charge in [-0.15, -0.1) is 21.5 Å². The van der Waals surface area contributed by atoms with Crippen LogP contribution in [0.2, 0.25) is 5.02 Å². The number of benzene rings is 2. The van der Waals surface area contributed by atoms with E-state index in [0.29, 0.717) is 37.9 Å². The lowest BCUT2D eigenvalue weighted by Crippen LogP contribution is -2.10. The molecule has 5 aromatic rings.